The molecule has 0 radical (unpaired) electrons. The van der Waals surface area contributed by atoms with Gasteiger partial charge in [-0.05, 0) is 36.2 Å². The molecule has 0 saturated heterocycles. The van der Waals surface area contributed by atoms with Crippen molar-refractivity contribution in [3.63, 3.8) is 0 Å². The predicted octanol–water partition coefficient (Wildman–Crippen LogP) is 3.96. The Hall–Kier alpha value is -1.41. The molecule has 0 unspecified atom stereocenters. The van der Waals surface area contributed by atoms with Crippen LogP contribution in [0.5, 0.6) is 5.75 Å². The first kappa shape index (κ1) is 11.1. The van der Waals surface area contributed by atoms with Crippen LogP contribution in [-0.2, 0) is 0 Å². The molecule has 2 rings (SSSR count). The minimum absolute atomic E-state index is 0.834. The molecule has 0 fully saturated rings. The fourth-order valence-corrected chi connectivity index (χ4v) is 1.95. The van der Waals surface area contributed by atoms with Gasteiger partial charge in [0.15, 0.2) is 0 Å². The van der Waals surface area contributed by atoms with Crippen LogP contribution in [0.4, 0.5) is 0 Å². The van der Waals surface area contributed by atoms with Crippen molar-refractivity contribution in [3.05, 3.63) is 48.0 Å². The Bertz CT molecular complexity index is 489. The summed E-state index contributed by atoms with van der Waals surface area (Å²) in [4.78, 5) is 0.934. The van der Waals surface area contributed by atoms with Gasteiger partial charge in [-0.2, -0.15) is 0 Å². The van der Waals surface area contributed by atoms with E-state index < -0.39 is 0 Å². The Kier molecular flexibility index (Phi) is 3.20. The number of hydrogen-bond donors (Lipinski definition) is 1. The molecule has 0 heterocycles. The van der Waals surface area contributed by atoms with Gasteiger partial charge < -0.3 is 4.74 Å². The molecular formula is C14H14OS. The third-order valence-corrected chi connectivity index (χ3v) is 2.94. The van der Waals surface area contributed by atoms with Gasteiger partial charge in [-0.3, -0.25) is 0 Å². The number of ether oxygens (including phenoxy) is 1. The molecule has 2 aromatic carbocycles. The fraction of sp³-hybridized carbons (Fsp3) is 0.143. The molecule has 16 heavy (non-hydrogen) atoms. The Morgan fingerprint density at radius 2 is 1.69 bits per heavy atom. The van der Waals surface area contributed by atoms with Crippen molar-refractivity contribution in [2.75, 3.05) is 7.11 Å². The van der Waals surface area contributed by atoms with Crippen molar-refractivity contribution in [1.82, 2.24) is 0 Å². The van der Waals surface area contributed by atoms with Crippen molar-refractivity contribution >= 4 is 12.6 Å². The summed E-state index contributed by atoms with van der Waals surface area (Å²) >= 11 is 4.48. The molecular weight excluding hydrogens is 216 g/mol. The molecule has 1 nitrogen and oxygen atoms in total. The summed E-state index contributed by atoms with van der Waals surface area (Å²) in [6.45, 7) is 2.08. The van der Waals surface area contributed by atoms with E-state index in [1.54, 1.807) is 7.11 Å². The summed E-state index contributed by atoms with van der Waals surface area (Å²) in [5.41, 5.74) is 3.57. The number of thiol groups is 1. The van der Waals surface area contributed by atoms with Gasteiger partial charge in [0.1, 0.15) is 5.75 Å². The first-order chi connectivity index (χ1) is 7.70. The van der Waals surface area contributed by atoms with Gasteiger partial charge >= 0.3 is 0 Å². The normalized spacial score (nSPS) is 10.2. The average Bonchev–Trinajstić information content (AvgIpc) is 2.30. The summed E-state index contributed by atoms with van der Waals surface area (Å²) in [5, 5.41) is 0. The van der Waals surface area contributed by atoms with Crippen molar-refractivity contribution in [3.8, 4) is 16.9 Å². The summed E-state index contributed by atoms with van der Waals surface area (Å²) in [5.74, 6) is 0.834. The van der Waals surface area contributed by atoms with Gasteiger partial charge in [-0.15, -0.1) is 12.6 Å². The highest BCUT2D eigenvalue weighted by Crippen LogP contribution is 2.29. The molecule has 2 heteroatoms. The third kappa shape index (κ3) is 2.22. The summed E-state index contributed by atoms with van der Waals surface area (Å²) in [6.07, 6.45) is 0. The first-order valence-corrected chi connectivity index (χ1v) is 5.59. The molecule has 0 atom stereocenters. The molecule has 0 amide bonds. The Balaban J connectivity index is 2.44. The second kappa shape index (κ2) is 4.62. The average molecular weight is 230 g/mol. The van der Waals surface area contributed by atoms with E-state index in [1.165, 1.54) is 11.1 Å². The highest BCUT2D eigenvalue weighted by atomic mass is 32.1. The van der Waals surface area contributed by atoms with Crippen molar-refractivity contribution < 1.29 is 4.74 Å². The Labute approximate surface area is 101 Å². The summed E-state index contributed by atoms with van der Waals surface area (Å²) in [7, 11) is 1.66. The second-order valence-electron chi connectivity index (χ2n) is 3.75. The van der Waals surface area contributed by atoms with E-state index >= 15 is 0 Å². The van der Waals surface area contributed by atoms with Crippen LogP contribution in [0, 0.1) is 6.92 Å². The van der Waals surface area contributed by atoms with Crippen LogP contribution < -0.4 is 4.74 Å². The summed E-state index contributed by atoms with van der Waals surface area (Å²) < 4.78 is 5.16. The lowest BCUT2D eigenvalue weighted by Gasteiger charge is -2.07. The topological polar surface area (TPSA) is 9.23 Å². The van der Waals surface area contributed by atoms with Crippen LogP contribution in [0.1, 0.15) is 5.56 Å². The number of benzene rings is 2. The van der Waals surface area contributed by atoms with Gasteiger partial charge in [0.25, 0.3) is 0 Å². The maximum Gasteiger partial charge on any atom is 0.120 e. The van der Waals surface area contributed by atoms with E-state index in [0.29, 0.717) is 0 Å². The van der Waals surface area contributed by atoms with Crippen LogP contribution in [0.15, 0.2) is 47.4 Å². The highest BCUT2D eigenvalue weighted by molar-refractivity contribution is 7.80. The predicted molar refractivity (Wildman–Crippen MR) is 70.4 cm³/mol. The zero-order valence-corrected chi connectivity index (χ0v) is 10.3. The highest BCUT2D eigenvalue weighted by Gasteiger charge is 2.03. The lowest BCUT2D eigenvalue weighted by Crippen LogP contribution is -1.85. The number of methoxy groups -OCH3 is 1. The molecule has 0 saturated carbocycles. The van der Waals surface area contributed by atoms with Crippen LogP contribution in [0.3, 0.4) is 0 Å². The largest absolute Gasteiger partial charge is 0.497 e. The van der Waals surface area contributed by atoms with Crippen LogP contribution >= 0.6 is 12.6 Å². The molecule has 0 bridgehead atoms. The first-order valence-electron chi connectivity index (χ1n) is 5.15. The minimum Gasteiger partial charge on any atom is -0.497 e. The smallest absolute Gasteiger partial charge is 0.120 e. The lowest BCUT2D eigenvalue weighted by molar-refractivity contribution is 0.414. The quantitative estimate of drug-likeness (QED) is 0.768. The SMILES string of the molecule is COc1ccc(-c2ccc(C)cc2)c(S)c1. The van der Waals surface area contributed by atoms with Crippen molar-refractivity contribution in [1.29, 1.82) is 0 Å². The molecule has 2 aromatic rings. The molecule has 0 spiro atoms. The zero-order chi connectivity index (χ0) is 11.5. The monoisotopic (exact) mass is 230 g/mol. The van der Waals surface area contributed by atoms with Crippen molar-refractivity contribution in [2.24, 2.45) is 0 Å². The Morgan fingerprint density at radius 1 is 1.00 bits per heavy atom. The van der Waals surface area contributed by atoms with Gasteiger partial charge in [-0.25, -0.2) is 0 Å². The summed E-state index contributed by atoms with van der Waals surface area (Å²) in [6, 6.07) is 14.3. The van der Waals surface area contributed by atoms with E-state index in [9.17, 15) is 0 Å². The van der Waals surface area contributed by atoms with Gasteiger partial charge in [0.05, 0.1) is 7.11 Å². The molecule has 0 aliphatic carbocycles. The van der Waals surface area contributed by atoms with Gasteiger partial charge in [0.2, 0.25) is 0 Å². The standard InChI is InChI=1S/C14H14OS/c1-10-3-5-11(6-4-10)13-8-7-12(15-2)9-14(13)16/h3-9,16H,1-2H3. The lowest BCUT2D eigenvalue weighted by atomic mass is 10.0. The Morgan fingerprint density at radius 3 is 2.25 bits per heavy atom. The van der Waals surface area contributed by atoms with E-state index in [-0.39, 0.29) is 0 Å². The molecule has 82 valence electrons. The van der Waals surface area contributed by atoms with Crippen LogP contribution in [0.2, 0.25) is 0 Å². The van der Waals surface area contributed by atoms with Crippen molar-refractivity contribution in [2.45, 2.75) is 11.8 Å². The molecule has 0 aliphatic heterocycles. The number of hydrogen-bond acceptors (Lipinski definition) is 2. The number of aryl methyl sites for hydroxylation is 1. The van der Waals surface area contributed by atoms with E-state index in [1.807, 2.05) is 18.2 Å². The van der Waals surface area contributed by atoms with E-state index in [0.717, 1.165) is 16.2 Å². The molecule has 0 N–H and O–H groups in total. The second-order valence-corrected chi connectivity index (χ2v) is 4.23. The molecule has 0 aromatic heterocycles. The van der Waals surface area contributed by atoms with Gasteiger partial charge in [-0.1, -0.05) is 29.8 Å². The maximum absolute atomic E-state index is 5.16. The van der Waals surface area contributed by atoms with Crippen LogP contribution in [-0.4, -0.2) is 7.11 Å². The number of rotatable bonds is 2. The van der Waals surface area contributed by atoms with Gasteiger partial charge in [0, 0.05) is 4.90 Å². The molecule has 0 aliphatic rings. The fourth-order valence-electron chi connectivity index (χ4n) is 1.62. The third-order valence-electron chi connectivity index (χ3n) is 2.57. The zero-order valence-electron chi connectivity index (χ0n) is 9.40. The van der Waals surface area contributed by atoms with E-state index in [4.69, 9.17) is 4.74 Å². The van der Waals surface area contributed by atoms with Crippen LogP contribution in [0.25, 0.3) is 11.1 Å². The van der Waals surface area contributed by atoms with E-state index in [2.05, 4.69) is 43.8 Å². The minimum atomic E-state index is 0.834. The maximum atomic E-state index is 5.16.